The van der Waals surface area contributed by atoms with Crippen LogP contribution >= 0.6 is 23.2 Å². The third kappa shape index (κ3) is 4.30. The largest absolute Gasteiger partial charge is 0.279 e. The predicted molar refractivity (Wildman–Crippen MR) is 59.4 cm³/mol. The van der Waals surface area contributed by atoms with Crippen LogP contribution in [0.15, 0.2) is 0 Å². The highest BCUT2D eigenvalue weighted by molar-refractivity contribution is 7.89. The first-order chi connectivity index (χ1) is 7.28. The lowest BCUT2D eigenvalue weighted by atomic mass is 10.6. The van der Waals surface area contributed by atoms with Crippen molar-refractivity contribution in [2.75, 3.05) is 11.8 Å². The summed E-state index contributed by atoms with van der Waals surface area (Å²) < 4.78 is 53.5. The van der Waals surface area contributed by atoms with Gasteiger partial charge in [-0.15, -0.1) is 23.2 Å². The molecule has 1 fully saturated rings. The molecule has 0 spiro atoms. The molecule has 1 aliphatic heterocycles. The molecule has 0 unspecified atom stereocenters. The Labute approximate surface area is 103 Å². The fraction of sp³-hybridized carbons (Fsp3) is 1.00. The van der Waals surface area contributed by atoms with Crippen molar-refractivity contribution in [1.29, 1.82) is 0 Å². The second-order valence-corrected chi connectivity index (χ2v) is 6.47. The maximum absolute atomic E-state index is 11.4. The molecule has 0 aromatic rings. The van der Waals surface area contributed by atoms with Crippen molar-refractivity contribution in [2.24, 2.45) is 0 Å². The lowest BCUT2D eigenvalue weighted by Crippen LogP contribution is -2.64. The van der Waals surface area contributed by atoms with Crippen molar-refractivity contribution in [2.45, 2.75) is 12.3 Å². The summed E-state index contributed by atoms with van der Waals surface area (Å²) >= 11 is 10.8. The van der Waals surface area contributed by atoms with E-state index < -0.39 is 32.8 Å². The van der Waals surface area contributed by atoms with Crippen LogP contribution in [0.3, 0.4) is 0 Å². The van der Waals surface area contributed by atoms with E-state index in [0.717, 1.165) is 0 Å². The van der Waals surface area contributed by atoms with Gasteiger partial charge in [0.2, 0.25) is 0 Å². The molecule has 1 saturated heterocycles. The Morgan fingerprint density at radius 3 is 1.19 bits per heavy atom. The SMILES string of the molecule is O=S1(=O)NC(CCl)NS(=O)(=O)NC(CCl)N1. The van der Waals surface area contributed by atoms with Gasteiger partial charge in [0.25, 0.3) is 20.4 Å². The van der Waals surface area contributed by atoms with Gasteiger partial charge in [-0.25, -0.2) is 0 Å². The number of hydrogen-bond donors (Lipinski definition) is 4. The van der Waals surface area contributed by atoms with E-state index in [1.54, 1.807) is 0 Å². The molecule has 8 nitrogen and oxygen atoms in total. The van der Waals surface area contributed by atoms with Crippen LogP contribution in [0.4, 0.5) is 0 Å². The average Bonchev–Trinajstić information content (AvgIpc) is 2.12. The molecule has 0 amide bonds. The van der Waals surface area contributed by atoms with E-state index in [1.165, 1.54) is 0 Å². The Hall–Kier alpha value is 0.320. The Bertz CT molecular complexity index is 371. The number of halogens is 2. The van der Waals surface area contributed by atoms with E-state index in [-0.39, 0.29) is 11.8 Å². The summed E-state index contributed by atoms with van der Waals surface area (Å²) in [6.07, 6.45) is -2.26. The van der Waals surface area contributed by atoms with E-state index in [9.17, 15) is 16.8 Å². The minimum Gasteiger partial charge on any atom is -0.195 e. The van der Waals surface area contributed by atoms with Crippen LogP contribution in [0.5, 0.6) is 0 Å². The van der Waals surface area contributed by atoms with Crippen LogP contribution in [0.2, 0.25) is 0 Å². The van der Waals surface area contributed by atoms with E-state index >= 15 is 0 Å². The quantitative estimate of drug-likeness (QED) is 0.440. The summed E-state index contributed by atoms with van der Waals surface area (Å²) in [7, 11) is -7.75. The summed E-state index contributed by atoms with van der Waals surface area (Å²) in [5.74, 6) is -0.513. The second-order valence-electron chi connectivity index (χ2n) is 2.89. The Kier molecular flexibility index (Phi) is 4.77. The molecule has 0 saturated carbocycles. The van der Waals surface area contributed by atoms with Crippen molar-refractivity contribution in [3.63, 3.8) is 0 Å². The van der Waals surface area contributed by atoms with Gasteiger partial charge in [0.05, 0.1) is 11.8 Å². The molecular weight excluding hydrogens is 303 g/mol. The molecule has 0 atom stereocenters. The Morgan fingerprint density at radius 1 is 0.750 bits per heavy atom. The molecule has 12 heteroatoms. The van der Waals surface area contributed by atoms with Crippen LogP contribution in [0.1, 0.15) is 0 Å². The van der Waals surface area contributed by atoms with Crippen molar-refractivity contribution >= 4 is 43.6 Å². The van der Waals surface area contributed by atoms with E-state index in [4.69, 9.17) is 23.2 Å². The first-order valence-electron chi connectivity index (χ1n) is 3.99. The number of rotatable bonds is 2. The zero-order chi connectivity index (χ0) is 12.4. The zero-order valence-corrected chi connectivity index (χ0v) is 10.9. The minimum absolute atomic E-state index is 0.257. The third-order valence-electron chi connectivity index (χ3n) is 1.50. The van der Waals surface area contributed by atoms with Gasteiger partial charge in [-0.1, -0.05) is 0 Å². The first-order valence-corrected chi connectivity index (χ1v) is 8.02. The summed E-state index contributed by atoms with van der Waals surface area (Å²) in [5.41, 5.74) is 0. The lowest BCUT2D eigenvalue weighted by molar-refractivity contribution is 0.483. The van der Waals surface area contributed by atoms with Gasteiger partial charge in [-0.3, -0.25) is 0 Å². The summed E-state index contributed by atoms with van der Waals surface area (Å²) in [6.45, 7) is 0. The number of nitrogens with one attached hydrogen (secondary N) is 4. The topological polar surface area (TPSA) is 116 Å². The average molecular weight is 313 g/mol. The summed E-state index contributed by atoms with van der Waals surface area (Å²) in [5, 5.41) is 0. The van der Waals surface area contributed by atoms with Crippen LogP contribution in [0.25, 0.3) is 0 Å². The van der Waals surface area contributed by atoms with Crippen molar-refractivity contribution < 1.29 is 16.8 Å². The van der Waals surface area contributed by atoms with E-state index in [2.05, 4.69) is 0 Å². The molecule has 1 rings (SSSR count). The van der Waals surface area contributed by atoms with Gasteiger partial charge in [-0.05, 0) is 0 Å². The highest BCUT2D eigenvalue weighted by Crippen LogP contribution is 1.98. The second kappa shape index (κ2) is 5.31. The van der Waals surface area contributed by atoms with E-state index in [0.29, 0.717) is 0 Å². The zero-order valence-electron chi connectivity index (χ0n) is 7.77. The van der Waals surface area contributed by atoms with E-state index in [1.807, 2.05) is 18.9 Å². The van der Waals surface area contributed by atoms with Gasteiger partial charge in [-0.2, -0.15) is 35.7 Å². The maximum Gasteiger partial charge on any atom is 0.279 e. The fourth-order valence-electron chi connectivity index (χ4n) is 0.991. The minimum atomic E-state index is -3.87. The number of hydrogen-bond acceptors (Lipinski definition) is 4. The first kappa shape index (κ1) is 14.4. The van der Waals surface area contributed by atoms with Gasteiger partial charge in [0.1, 0.15) is 12.3 Å². The standard InChI is InChI=1S/C4H10Cl2N4O4S2/c5-1-3-7-15(11,12)9-4(2-6)10-16(13,14)8-3/h3-4,7-10H,1-2H2. The summed E-state index contributed by atoms with van der Waals surface area (Å²) in [6, 6.07) is 0. The van der Waals surface area contributed by atoms with Crippen LogP contribution in [-0.4, -0.2) is 40.9 Å². The molecular formula is C4H10Cl2N4O4S2. The molecule has 96 valence electrons. The molecule has 0 bridgehead atoms. The highest BCUT2D eigenvalue weighted by Gasteiger charge is 2.30. The molecule has 16 heavy (non-hydrogen) atoms. The Balaban J connectivity index is 2.96. The van der Waals surface area contributed by atoms with Gasteiger partial charge >= 0.3 is 0 Å². The highest BCUT2D eigenvalue weighted by atomic mass is 35.5. The van der Waals surface area contributed by atoms with Gasteiger partial charge < -0.3 is 0 Å². The van der Waals surface area contributed by atoms with Gasteiger partial charge in [0.15, 0.2) is 0 Å². The third-order valence-corrected chi connectivity index (χ3v) is 4.49. The molecule has 0 aromatic heterocycles. The molecule has 4 N–H and O–H groups in total. The van der Waals surface area contributed by atoms with Crippen molar-refractivity contribution in [3.05, 3.63) is 0 Å². The Morgan fingerprint density at radius 2 is 1.00 bits per heavy atom. The van der Waals surface area contributed by atoms with Crippen LogP contribution in [0, 0.1) is 0 Å². The lowest BCUT2D eigenvalue weighted by Gasteiger charge is -2.26. The van der Waals surface area contributed by atoms with Crippen LogP contribution < -0.4 is 18.9 Å². The maximum atomic E-state index is 11.4. The smallest absolute Gasteiger partial charge is 0.195 e. The normalized spacial score (nSPS) is 33.9. The summed E-state index contributed by atoms with van der Waals surface area (Å²) in [4.78, 5) is 0. The molecule has 0 aromatic carbocycles. The molecule has 1 heterocycles. The van der Waals surface area contributed by atoms with Crippen LogP contribution in [-0.2, 0) is 20.4 Å². The monoisotopic (exact) mass is 312 g/mol. The van der Waals surface area contributed by atoms with Crippen molar-refractivity contribution in [3.8, 4) is 0 Å². The molecule has 1 aliphatic rings. The fourth-order valence-corrected chi connectivity index (χ4v) is 4.02. The van der Waals surface area contributed by atoms with Gasteiger partial charge in [0, 0.05) is 0 Å². The number of alkyl halides is 2. The predicted octanol–water partition coefficient (Wildman–Crippen LogP) is -2.02. The van der Waals surface area contributed by atoms with Crippen molar-refractivity contribution in [1.82, 2.24) is 18.9 Å². The molecule has 0 radical (unpaired) electrons. The molecule has 0 aliphatic carbocycles.